The third kappa shape index (κ3) is 5.70. The van der Waals surface area contributed by atoms with Gasteiger partial charge in [-0.25, -0.2) is 0 Å². The van der Waals surface area contributed by atoms with Crippen LogP contribution in [0.4, 0.5) is 5.69 Å². The van der Waals surface area contributed by atoms with Gasteiger partial charge in [-0.05, 0) is 40.9 Å². The molecule has 0 saturated heterocycles. The minimum atomic E-state index is -0.472. The van der Waals surface area contributed by atoms with Gasteiger partial charge in [0, 0.05) is 35.2 Å². The molecule has 6 nitrogen and oxygen atoms in total. The maximum Gasteiger partial charge on any atom is 0.283 e. The molecule has 22 heavy (non-hydrogen) atoms. The number of alkyl halides is 1. The van der Waals surface area contributed by atoms with E-state index in [1.807, 2.05) is 6.92 Å². The standard InChI is InChI=1S/C7H12ClNO2.C6H3BrClNO2.H2/c1-5-4-6(8)2-3-7(5)9(10)11;7-5-3-4(8)1-2-6(5)9(10)11;/h5-7H,2-4H2,1H3;1-3H;1H/i;;1+1. The van der Waals surface area contributed by atoms with E-state index in [2.05, 4.69) is 15.9 Å². The normalized spacial score (nSPS) is 24.1. The summed E-state index contributed by atoms with van der Waals surface area (Å²) in [6, 6.07) is 3.96. The molecule has 0 bridgehead atoms. The van der Waals surface area contributed by atoms with Gasteiger partial charge in [-0.3, -0.25) is 20.2 Å². The minimum absolute atomic E-state index is 0. The number of nitrogens with zero attached hydrogens (tertiary/aromatic N) is 2. The first-order valence-corrected chi connectivity index (χ1v) is 8.20. The fourth-order valence-electron chi connectivity index (χ4n) is 2.26. The third-order valence-corrected chi connectivity index (χ3v) is 4.70. The van der Waals surface area contributed by atoms with Gasteiger partial charge in [0.2, 0.25) is 6.04 Å². The summed E-state index contributed by atoms with van der Waals surface area (Å²) in [4.78, 5) is 20.1. The van der Waals surface area contributed by atoms with Crippen molar-refractivity contribution in [2.45, 2.75) is 37.6 Å². The molecular weight excluding hydrogens is 399 g/mol. The summed E-state index contributed by atoms with van der Waals surface area (Å²) in [6.07, 6.45) is 2.22. The molecule has 2 rings (SSSR count). The van der Waals surface area contributed by atoms with Gasteiger partial charge in [0.25, 0.3) is 5.69 Å². The van der Waals surface area contributed by atoms with E-state index in [1.165, 1.54) is 18.2 Å². The van der Waals surface area contributed by atoms with Gasteiger partial charge in [0.15, 0.2) is 0 Å². The highest BCUT2D eigenvalue weighted by atomic mass is 79.9. The number of rotatable bonds is 2. The number of nitro groups is 2. The van der Waals surface area contributed by atoms with Crippen molar-refractivity contribution in [1.82, 2.24) is 0 Å². The van der Waals surface area contributed by atoms with Gasteiger partial charge in [0.05, 0.1) is 9.40 Å². The predicted octanol–water partition coefficient (Wildman–Crippen LogP) is 5.32. The molecule has 0 aromatic heterocycles. The molecule has 0 amide bonds. The van der Waals surface area contributed by atoms with Gasteiger partial charge in [-0.1, -0.05) is 18.5 Å². The lowest BCUT2D eigenvalue weighted by atomic mass is 9.86. The Labute approximate surface area is 147 Å². The van der Waals surface area contributed by atoms with E-state index in [4.69, 9.17) is 23.2 Å². The van der Waals surface area contributed by atoms with E-state index in [9.17, 15) is 20.2 Å². The van der Waals surface area contributed by atoms with Crippen molar-refractivity contribution < 1.29 is 11.3 Å². The number of halogens is 3. The number of nitro benzene ring substituents is 1. The van der Waals surface area contributed by atoms with E-state index < -0.39 is 4.92 Å². The maximum atomic E-state index is 10.4. The molecule has 0 spiro atoms. The fourth-order valence-corrected chi connectivity index (χ4v) is 3.49. The lowest BCUT2D eigenvalue weighted by molar-refractivity contribution is -0.534. The molecule has 1 aliphatic rings. The topological polar surface area (TPSA) is 86.3 Å². The van der Waals surface area contributed by atoms with Crippen LogP contribution in [0.15, 0.2) is 22.7 Å². The second kappa shape index (κ2) is 8.64. The van der Waals surface area contributed by atoms with Gasteiger partial charge in [-0.15, -0.1) is 11.6 Å². The zero-order chi connectivity index (χ0) is 16.9. The zero-order valence-corrected chi connectivity index (χ0v) is 14.8. The van der Waals surface area contributed by atoms with Gasteiger partial charge in [-0.2, -0.15) is 0 Å². The Morgan fingerprint density at radius 1 is 1.32 bits per heavy atom. The molecule has 1 aliphatic carbocycles. The average Bonchev–Trinajstić information content (AvgIpc) is 2.38. The van der Waals surface area contributed by atoms with Crippen LogP contribution in [0.25, 0.3) is 0 Å². The van der Waals surface area contributed by atoms with Crippen molar-refractivity contribution in [3.63, 3.8) is 0 Å². The summed E-state index contributed by atoms with van der Waals surface area (Å²) in [7, 11) is 0. The first-order chi connectivity index (χ1) is 10.2. The molecule has 1 aromatic rings. The van der Waals surface area contributed by atoms with Crippen LogP contribution in [0.3, 0.4) is 0 Å². The minimum Gasteiger partial charge on any atom is -0.264 e. The Morgan fingerprint density at radius 3 is 2.41 bits per heavy atom. The van der Waals surface area contributed by atoms with E-state index in [-0.39, 0.29) is 29.4 Å². The highest BCUT2D eigenvalue weighted by Crippen LogP contribution is 2.29. The number of hydrogen-bond donors (Lipinski definition) is 0. The van der Waals surface area contributed by atoms with Crippen molar-refractivity contribution in [2.75, 3.05) is 0 Å². The van der Waals surface area contributed by atoms with E-state index in [1.54, 1.807) is 0 Å². The summed E-state index contributed by atoms with van der Waals surface area (Å²) in [6.45, 7) is 1.90. The molecule has 1 saturated carbocycles. The van der Waals surface area contributed by atoms with Gasteiger partial charge >= 0.3 is 0 Å². The highest BCUT2D eigenvalue weighted by molar-refractivity contribution is 9.10. The molecule has 0 heterocycles. The Bertz CT molecular complexity index is 565. The SMILES string of the molecule is CC1CC(Cl)CCC1[N+](=O)[O-].O=[N+]([O-])c1ccc(Cl)cc1Br.[2HH]. The second-order valence-corrected chi connectivity index (χ2v) is 7.00. The van der Waals surface area contributed by atoms with E-state index >= 15 is 0 Å². The summed E-state index contributed by atoms with van der Waals surface area (Å²) in [5, 5.41) is 21.3. The van der Waals surface area contributed by atoms with Gasteiger partial charge in [0.1, 0.15) is 0 Å². The molecular formula is C13H17BrCl2N2O4. The van der Waals surface area contributed by atoms with Crippen LogP contribution >= 0.6 is 39.1 Å². The Hall–Kier alpha value is -0.920. The Balaban J connectivity index is 0.000000403. The second-order valence-electron chi connectivity index (χ2n) is 5.09. The molecule has 1 fully saturated rings. The molecule has 0 radical (unpaired) electrons. The Morgan fingerprint density at radius 2 is 1.95 bits per heavy atom. The molecule has 3 atom stereocenters. The smallest absolute Gasteiger partial charge is 0.264 e. The van der Waals surface area contributed by atoms with Crippen molar-refractivity contribution in [3.05, 3.63) is 47.9 Å². The average molecular weight is 417 g/mol. The highest BCUT2D eigenvalue weighted by Gasteiger charge is 2.34. The van der Waals surface area contributed by atoms with E-state index in [0.29, 0.717) is 15.9 Å². The van der Waals surface area contributed by atoms with Crippen LogP contribution in [-0.4, -0.2) is 21.3 Å². The summed E-state index contributed by atoms with van der Waals surface area (Å²) >= 11 is 14.4. The van der Waals surface area contributed by atoms with Crippen LogP contribution in [0.2, 0.25) is 5.02 Å². The molecule has 0 N–H and O–H groups in total. The molecule has 124 valence electrons. The van der Waals surface area contributed by atoms with Crippen molar-refractivity contribution >= 4 is 44.8 Å². The van der Waals surface area contributed by atoms with Crippen molar-refractivity contribution in [3.8, 4) is 0 Å². The van der Waals surface area contributed by atoms with Crippen molar-refractivity contribution in [1.29, 1.82) is 0 Å². The van der Waals surface area contributed by atoms with E-state index in [0.717, 1.165) is 12.8 Å². The van der Waals surface area contributed by atoms with Crippen LogP contribution in [0, 0.1) is 26.1 Å². The van der Waals surface area contributed by atoms with Crippen LogP contribution in [0.5, 0.6) is 0 Å². The molecule has 3 unspecified atom stereocenters. The lowest BCUT2D eigenvalue weighted by Crippen LogP contribution is -2.33. The van der Waals surface area contributed by atoms with Gasteiger partial charge < -0.3 is 0 Å². The molecule has 0 aliphatic heterocycles. The summed E-state index contributed by atoms with van der Waals surface area (Å²) in [5.41, 5.74) is 0.0226. The number of benzene rings is 1. The molecule has 9 heteroatoms. The zero-order valence-electron chi connectivity index (χ0n) is 11.7. The summed E-state index contributed by atoms with van der Waals surface area (Å²) in [5.74, 6) is 0.140. The third-order valence-electron chi connectivity index (χ3n) is 3.44. The van der Waals surface area contributed by atoms with Crippen molar-refractivity contribution in [2.24, 2.45) is 5.92 Å². The largest absolute Gasteiger partial charge is 0.283 e. The monoisotopic (exact) mass is 415 g/mol. The first-order valence-electron chi connectivity index (χ1n) is 6.59. The maximum absolute atomic E-state index is 10.4. The Kier molecular flexibility index (Phi) is 7.52. The fraction of sp³-hybridized carbons (Fsp3) is 0.538. The van der Waals surface area contributed by atoms with Crippen LogP contribution < -0.4 is 0 Å². The predicted molar refractivity (Wildman–Crippen MR) is 91.4 cm³/mol. The first kappa shape index (κ1) is 19.1. The quantitative estimate of drug-likeness (QED) is 0.371. The lowest BCUT2D eigenvalue weighted by Gasteiger charge is -2.25. The van der Waals surface area contributed by atoms with Crippen LogP contribution in [0.1, 0.15) is 27.6 Å². The molecule has 1 aromatic carbocycles. The number of hydrogen-bond acceptors (Lipinski definition) is 4. The summed E-state index contributed by atoms with van der Waals surface area (Å²) < 4.78 is 0.398. The van der Waals surface area contributed by atoms with Crippen LogP contribution in [-0.2, 0) is 0 Å².